The lowest BCUT2D eigenvalue weighted by molar-refractivity contribution is 0.503. The van der Waals surface area contributed by atoms with Gasteiger partial charge < -0.3 is 9.13 Å². The van der Waals surface area contributed by atoms with Crippen molar-refractivity contribution in [1.82, 2.24) is 9.13 Å². The van der Waals surface area contributed by atoms with Crippen LogP contribution < -0.4 is 5.62 Å². The average molecular weight is 358 g/mol. The molecule has 1 N–H and O–H groups in total. The standard InChI is InChI=1S/C18H20BrN3/c1-13(2)11-21-16-9-5-6-10-17(16)22(18(21)20)12-14-7-3-4-8-15(14)19/h3-10,13,20H,11-12H2,1-2H3. The summed E-state index contributed by atoms with van der Waals surface area (Å²) in [6, 6.07) is 16.5. The van der Waals surface area contributed by atoms with Gasteiger partial charge in [-0.2, -0.15) is 0 Å². The van der Waals surface area contributed by atoms with E-state index in [9.17, 15) is 0 Å². The Hall–Kier alpha value is -1.81. The van der Waals surface area contributed by atoms with Gasteiger partial charge in [-0.1, -0.05) is 60.1 Å². The zero-order valence-electron chi connectivity index (χ0n) is 12.9. The maximum absolute atomic E-state index is 8.60. The molecule has 0 aliphatic heterocycles. The number of benzene rings is 2. The first-order valence-electron chi connectivity index (χ1n) is 7.54. The Balaban J connectivity index is 2.16. The summed E-state index contributed by atoms with van der Waals surface area (Å²) in [6.45, 7) is 5.94. The molecule has 2 aromatic carbocycles. The van der Waals surface area contributed by atoms with E-state index in [4.69, 9.17) is 5.41 Å². The van der Waals surface area contributed by atoms with Gasteiger partial charge in [0.1, 0.15) is 0 Å². The Morgan fingerprint density at radius 1 is 0.955 bits per heavy atom. The zero-order chi connectivity index (χ0) is 15.7. The Kier molecular flexibility index (Phi) is 4.21. The summed E-state index contributed by atoms with van der Waals surface area (Å²) in [4.78, 5) is 0. The van der Waals surface area contributed by atoms with Crippen molar-refractivity contribution in [2.24, 2.45) is 5.92 Å². The largest absolute Gasteiger partial charge is 0.310 e. The normalized spacial score (nSPS) is 11.5. The Morgan fingerprint density at radius 2 is 1.55 bits per heavy atom. The molecule has 22 heavy (non-hydrogen) atoms. The zero-order valence-corrected chi connectivity index (χ0v) is 14.5. The van der Waals surface area contributed by atoms with Crippen molar-refractivity contribution < 1.29 is 0 Å². The molecule has 0 spiro atoms. The van der Waals surface area contributed by atoms with E-state index in [1.807, 2.05) is 30.3 Å². The van der Waals surface area contributed by atoms with E-state index in [0.29, 0.717) is 18.1 Å². The van der Waals surface area contributed by atoms with E-state index in [2.05, 4.69) is 57.1 Å². The van der Waals surface area contributed by atoms with Gasteiger partial charge in [0.15, 0.2) is 0 Å². The minimum atomic E-state index is 0.511. The first kappa shape index (κ1) is 15.1. The van der Waals surface area contributed by atoms with E-state index in [0.717, 1.165) is 22.1 Å². The Morgan fingerprint density at radius 3 is 2.18 bits per heavy atom. The fourth-order valence-corrected chi connectivity index (χ4v) is 3.21. The molecule has 3 rings (SSSR count). The summed E-state index contributed by atoms with van der Waals surface area (Å²) in [6.07, 6.45) is 0. The summed E-state index contributed by atoms with van der Waals surface area (Å²) < 4.78 is 5.27. The van der Waals surface area contributed by atoms with Crippen molar-refractivity contribution in [3.8, 4) is 0 Å². The number of hydrogen-bond acceptors (Lipinski definition) is 1. The van der Waals surface area contributed by atoms with Crippen LogP contribution in [0.2, 0.25) is 0 Å². The third kappa shape index (κ3) is 2.75. The second-order valence-electron chi connectivity index (χ2n) is 5.99. The predicted molar refractivity (Wildman–Crippen MR) is 93.9 cm³/mol. The molecular formula is C18H20BrN3. The van der Waals surface area contributed by atoms with Gasteiger partial charge >= 0.3 is 0 Å². The van der Waals surface area contributed by atoms with Crippen molar-refractivity contribution in [1.29, 1.82) is 5.41 Å². The van der Waals surface area contributed by atoms with Crippen LogP contribution in [0, 0.1) is 11.3 Å². The number of para-hydroxylation sites is 2. The predicted octanol–water partition coefficient (Wildman–Crippen LogP) is 4.39. The number of nitrogens with one attached hydrogen (secondary N) is 1. The van der Waals surface area contributed by atoms with Gasteiger partial charge in [-0.25, -0.2) is 0 Å². The highest BCUT2D eigenvalue weighted by Gasteiger charge is 2.12. The average Bonchev–Trinajstić information content (AvgIpc) is 2.75. The van der Waals surface area contributed by atoms with Gasteiger partial charge in [-0.05, 0) is 29.7 Å². The highest BCUT2D eigenvalue weighted by Crippen LogP contribution is 2.20. The molecule has 0 atom stereocenters. The molecule has 0 fully saturated rings. The number of nitrogens with zero attached hydrogens (tertiary/aromatic N) is 2. The minimum Gasteiger partial charge on any atom is -0.310 e. The topological polar surface area (TPSA) is 33.7 Å². The quantitative estimate of drug-likeness (QED) is 0.718. The summed E-state index contributed by atoms with van der Waals surface area (Å²) in [5.41, 5.74) is 4.00. The van der Waals surface area contributed by atoms with Crippen LogP contribution >= 0.6 is 15.9 Å². The van der Waals surface area contributed by atoms with Gasteiger partial charge in [0.2, 0.25) is 5.62 Å². The molecule has 0 saturated heterocycles. The van der Waals surface area contributed by atoms with Gasteiger partial charge in [0.05, 0.1) is 17.6 Å². The second-order valence-corrected chi connectivity index (χ2v) is 6.85. The molecule has 1 heterocycles. The molecule has 0 unspecified atom stereocenters. The fourth-order valence-electron chi connectivity index (χ4n) is 2.80. The number of fused-ring (bicyclic) bond motifs is 1. The van der Waals surface area contributed by atoms with Gasteiger partial charge in [-0.15, -0.1) is 0 Å². The molecule has 0 bridgehead atoms. The van der Waals surface area contributed by atoms with Crippen molar-refractivity contribution in [3.63, 3.8) is 0 Å². The summed E-state index contributed by atoms with van der Waals surface area (Å²) >= 11 is 3.61. The van der Waals surface area contributed by atoms with E-state index >= 15 is 0 Å². The van der Waals surface area contributed by atoms with Crippen LogP contribution in [0.3, 0.4) is 0 Å². The molecule has 114 valence electrons. The van der Waals surface area contributed by atoms with Gasteiger partial charge in [0, 0.05) is 11.0 Å². The third-order valence-electron chi connectivity index (χ3n) is 3.81. The monoisotopic (exact) mass is 357 g/mol. The van der Waals surface area contributed by atoms with Crippen LogP contribution in [0.5, 0.6) is 0 Å². The van der Waals surface area contributed by atoms with Crippen LogP contribution in [0.25, 0.3) is 11.0 Å². The Labute approximate surface area is 138 Å². The number of aromatic nitrogens is 2. The highest BCUT2D eigenvalue weighted by molar-refractivity contribution is 9.10. The lowest BCUT2D eigenvalue weighted by Crippen LogP contribution is -2.26. The first-order chi connectivity index (χ1) is 10.6. The van der Waals surface area contributed by atoms with Gasteiger partial charge in [0.25, 0.3) is 0 Å². The molecule has 0 aliphatic rings. The molecule has 3 aromatic rings. The smallest absolute Gasteiger partial charge is 0.203 e. The molecule has 0 radical (unpaired) electrons. The van der Waals surface area contributed by atoms with Crippen LogP contribution in [0.1, 0.15) is 19.4 Å². The van der Waals surface area contributed by atoms with Crippen molar-refractivity contribution >= 4 is 27.0 Å². The van der Waals surface area contributed by atoms with Crippen LogP contribution in [-0.4, -0.2) is 9.13 Å². The molecular weight excluding hydrogens is 338 g/mol. The SMILES string of the molecule is CC(C)Cn1c(=N)n(Cc2ccccc2Br)c2ccccc21. The third-order valence-corrected chi connectivity index (χ3v) is 4.58. The Bertz CT molecular complexity index is 858. The van der Waals surface area contributed by atoms with Crippen LogP contribution in [0.15, 0.2) is 53.0 Å². The molecule has 1 aromatic heterocycles. The van der Waals surface area contributed by atoms with Crippen molar-refractivity contribution in [2.75, 3.05) is 0 Å². The van der Waals surface area contributed by atoms with E-state index in [1.165, 1.54) is 5.56 Å². The summed E-state index contributed by atoms with van der Waals surface area (Å²) in [7, 11) is 0. The van der Waals surface area contributed by atoms with Gasteiger partial charge in [-0.3, -0.25) is 5.41 Å². The number of hydrogen-bond donors (Lipinski definition) is 1. The number of rotatable bonds is 4. The van der Waals surface area contributed by atoms with E-state index in [-0.39, 0.29) is 0 Å². The van der Waals surface area contributed by atoms with Crippen molar-refractivity contribution in [3.05, 3.63) is 64.2 Å². The molecule has 4 heteroatoms. The fraction of sp³-hybridized carbons (Fsp3) is 0.278. The van der Waals surface area contributed by atoms with Crippen molar-refractivity contribution in [2.45, 2.75) is 26.9 Å². The molecule has 0 saturated carbocycles. The molecule has 0 aliphatic carbocycles. The van der Waals surface area contributed by atoms with Crippen LogP contribution in [0.4, 0.5) is 0 Å². The second kappa shape index (κ2) is 6.13. The first-order valence-corrected chi connectivity index (χ1v) is 8.33. The summed E-state index contributed by atoms with van der Waals surface area (Å²) in [5.74, 6) is 0.511. The number of halogens is 1. The molecule has 3 nitrogen and oxygen atoms in total. The maximum Gasteiger partial charge on any atom is 0.203 e. The summed E-state index contributed by atoms with van der Waals surface area (Å²) in [5, 5.41) is 8.60. The molecule has 0 amide bonds. The lowest BCUT2D eigenvalue weighted by atomic mass is 10.2. The number of imidazole rings is 1. The lowest BCUT2D eigenvalue weighted by Gasteiger charge is -2.08. The van der Waals surface area contributed by atoms with E-state index < -0.39 is 0 Å². The highest BCUT2D eigenvalue weighted by atomic mass is 79.9. The van der Waals surface area contributed by atoms with E-state index in [1.54, 1.807) is 0 Å². The minimum absolute atomic E-state index is 0.511. The van der Waals surface area contributed by atoms with Crippen LogP contribution in [-0.2, 0) is 13.1 Å². The maximum atomic E-state index is 8.60.